The van der Waals surface area contributed by atoms with E-state index in [2.05, 4.69) is 35.0 Å². The van der Waals surface area contributed by atoms with Gasteiger partial charge in [0.15, 0.2) is 0 Å². The van der Waals surface area contributed by atoms with Crippen LogP contribution in [0.1, 0.15) is 68.3 Å². The Morgan fingerprint density at radius 2 is 1.82 bits per heavy atom. The van der Waals surface area contributed by atoms with Crippen LogP contribution in [0.25, 0.3) is 22.2 Å². The van der Waals surface area contributed by atoms with Crippen LogP contribution in [0.15, 0.2) is 30.6 Å². The number of rotatable bonds is 2. The molecule has 4 aliphatic rings. The van der Waals surface area contributed by atoms with Gasteiger partial charge in [0.05, 0.1) is 19.3 Å². The summed E-state index contributed by atoms with van der Waals surface area (Å²) in [6, 6.07) is 6.39. The van der Waals surface area contributed by atoms with E-state index in [9.17, 15) is 9.59 Å². The minimum absolute atomic E-state index is 0.112. The van der Waals surface area contributed by atoms with Crippen LogP contribution in [0.5, 0.6) is 0 Å². The summed E-state index contributed by atoms with van der Waals surface area (Å²) in [6.45, 7) is 13.4. The fourth-order valence-corrected chi connectivity index (χ4v) is 7.53. The third-order valence-electron chi connectivity index (χ3n) is 10.1. The van der Waals surface area contributed by atoms with Crippen molar-refractivity contribution in [2.24, 2.45) is 5.41 Å². The molecule has 240 valence electrons. The number of nitrogens with one attached hydrogen (secondary N) is 1. The van der Waals surface area contributed by atoms with Gasteiger partial charge in [-0.1, -0.05) is 6.07 Å². The number of morpholine rings is 1. The first-order valence-corrected chi connectivity index (χ1v) is 16.4. The SMILES string of the molecule is Cc1c[nH]c2ncc(-c3cc4c(c([C@@H]5COCCN5C(=O)OC(C)(C)C)c3)CN(C(=O)N3CCC5(CCOCC5)C3)CC4)cc12. The number of aryl methyl sites for hydroxylation is 1. The van der Waals surface area contributed by atoms with Crippen LogP contribution in [0, 0.1) is 12.3 Å². The van der Waals surface area contributed by atoms with Crippen LogP contribution < -0.4 is 0 Å². The van der Waals surface area contributed by atoms with E-state index in [1.165, 1.54) is 5.56 Å². The molecule has 1 spiro atoms. The van der Waals surface area contributed by atoms with Crippen LogP contribution in [-0.2, 0) is 27.2 Å². The van der Waals surface area contributed by atoms with Crippen molar-refractivity contribution in [1.29, 1.82) is 0 Å². The normalized spacial score (nSPS) is 21.8. The van der Waals surface area contributed by atoms with Crippen molar-refractivity contribution in [2.75, 3.05) is 52.6 Å². The lowest BCUT2D eigenvalue weighted by molar-refractivity contribution is -0.0334. The molecule has 3 saturated heterocycles. The molecule has 10 heteroatoms. The second kappa shape index (κ2) is 11.6. The number of benzene rings is 1. The van der Waals surface area contributed by atoms with Crippen LogP contribution in [-0.4, -0.2) is 95.0 Å². The number of hydrogen-bond donors (Lipinski definition) is 1. The van der Waals surface area contributed by atoms with Gasteiger partial charge < -0.3 is 29.0 Å². The average molecular weight is 616 g/mol. The lowest BCUT2D eigenvalue weighted by Crippen LogP contribution is -2.48. The van der Waals surface area contributed by atoms with E-state index in [-0.39, 0.29) is 23.6 Å². The fraction of sp³-hybridized carbons (Fsp3) is 0.571. The van der Waals surface area contributed by atoms with Crippen molar-refractivity contribution in [2.45, 2.75) is 71.6 Å². The number of nitrogens with zero attached hydrogens (tertiary/aromatic N) is 4. The first-order chi connectivity index (χ1) is 21.6. The largest absolute Gasteiger partial charge is 0.444 e. The van der Waals surface area contributed by atoms with Gasteiger partial charge in [-0.05, 0) is 98.7 Å². The van der Waals surface area contributed by atoms with Gasteiger partial charge in [0.25, 0.3) is 0 Å². The quantitative estimate of drug-likeness (QED) is 0.390. The van der Waals surface area contributed by atoms with E-state index >= 15 is 0 Å². The Morgan fingerprint density at radius 1 is 1.00 bits per heavy atom. The maximum atomic E-state index is 14.0. The molecule has 6 heterocycles. The highest BCUT2D eigenvalue weighted by Gasteiger charge is 2.43. The van der Waals surface area contributed by atoms with Crippen molar-refractivity contribution in [1.82, 2.24) is 24.7 Å². The standard InChI is InChI=1S/C35H45N5O5/c1-23-18-36-31-27(23)17-26(19-37-31)25-15-24-5-9-38(32(41)39-10-6-35(22-39)7-12-43-13-8-35)20-29(24)28(16-25)30-21-44-14-11-40(30)33(42)45-34(2,3)4/h15-19,30H,5-14,20-22H2,1-4H3,(H,36,37)/t30-/m0/s1. The summed E-state index contributed by atoms with van der Waals surface area (Å²) in [5.41, 5.74) is 6.99. The number of fused-ring (bicyclic) bond motifs is 2. The molecule has 4 aliphatic heterocycles. The summed E-state index contributed by atoms with van der Waals surface area (Å²) < 4.78 is 17.5. The zero-order valence-corrected chi connectivity index (χ0v) is 27.0. The third kappa shape index (κ3) is 5.90. The number of pyridine rings is 1. The van der Waals surface area contributed by atoms with Crippen molar-refractivity contribution in [3.63, 3.8) is 0 Å². The zero-order chi connectivity index (χ0) is 31.3. The molecule has 7 rings (SSSR count). The van der Waals surface area contributed by atoms with Crippen molar-refractivity contribution in [3.8, 4) is 11.1 Å². The van der Waals surface area contributed by atoms with Gasteiger partial charge in [-0.15, -0.1) is 0 Å². The lowest BCUT2D eigenvalue weighted by Gasteiger charge is -2.40. The van der Waals surface area contributed by atoms with Crippen LogP contribution in [0.3, 0.4) is 0 Å². The summed E-state index contributed by atoms with van der Waals surface area (Å²) >= 11 is 0. The lowest BCUT2D eigenvalue weighted by atomic mass is 9.80. The van der Waals surface area contributed by atoms with E-state index in [1.54, 1.807) is 0 Å². The van der Waals surface area contributed by atoms with Gasteiger partial charge in [-0.2, -0.15) is 0 Å². The highest BCUT2D eigenvalue weighted by Crippen LogP contribution is 2.41. The number of aromatic amines is 1. The van der Waals surface area contributed by atoms with E-state index in [1.807, 2.05) is 43.0 Å². The summed E-state index contributed by atoms with van der Waals surface area (Å²) in [5, 5.41) is 1.09. The Hall–Kier alpha value is -3.63. The molecule has 0 bridgehead atoms. The highest BCUT2D eigenvalue weighted by atomic mass is 16.6. The Kier molecular flexibility index (Phi) is 7.76. The van der Waals surface area contributed by atoms with Crippen LogP contribution in [0.4, 0.5) is 9.59 Å². The predicted octanol–water partition coefficient (Wildman–Crippen LogP) is 5.83. The number of carbonyl (C=O) groups is 2. The van der Waals surface area contributed by atoms with E-state index in [0.29, 0.717) is 32.8 Å². The first kappa shape index (κ1) is 30.0. The second-order valence-electron chi connectivity index (χ2n) is 14.3. The summed E-state index contributed by atoms with van der Waals surface area (Å²) in [5.74, 6) is 0. The molecule has 1 N–H and O–H groups in total. The zero-order valence-electron chi connectivity index (χ0n) is 27.0. The molecule has 3 aromatic rings. The molecule has 0 radical (unpaired) electrons. The summed E-state index contributed by atoms with van der Waals surface area (Å²) in [4.78, 5) is 41.3. The molecular weight excluding hydrogens is 570 g/mol. The van der Waals surface area contributed by atoms with E-state index in [4.69, 9.17) is 19.2 Å². The highest BCUT2D eigenvalue weighted by molar-refractivity contribution is 5.85. The van der Waals surface area contributed by atoms with Gasteiger partial charge in [0.2, 0.25) is 0 Å². The number of amides is 3. The topological polar surface area (TPSA) is 100 Å². The molecular formula is C35H45N5O5. The molecule has 45 heavy (non-hydrogen) atoms. The molecule has 10 nitrogen and oxygen atoms in total. The summed E-state index contributed by atoms with van der Waals surface area (Å²) in [7, 11) is 0. The second-order valence-corrected chi connectivity index (χ2v) is 14.3. The molecule has 2 aromatic heterocycles. The molecule has 3 fully saturated rings. The van der Waals surface area contributed by atoms with E-state index < -0.39 is 5.60 Å². The number of ether oxygens (including phenoxy) is 3. The van der Waals surface area contributed by atoms with Gasteiger partial charge in [-0.25, -0.2) is 14.6 Å². The molecule has 0 unspecified atom stereocenters. The Balaban J connectivity index is 1.24. The molecule has 3 amide bonds. The minimum Gasteiger partial charge on any atom is -0.444 e. The molecule has 0 saturated carbocycles. The number of H-pyrrole nitrogens is 1. The number of aromatic nitrogens is 2. The predicted molar refractivity (Wildman–Crippen MR) is 171 cm³/mol. The maximum absolute atomic E-state index is 14.0. The third-order valence-corrected chi connectivity index (χ3v) is 10.1. The molecule has 1 atom stereocenters. The smallest absolute Gasteiger partial charge is 0.410 e. The Bertz CT molecular complexity index is 1600. The van der Waals surface area contributed by atoms with Crippen LogP contribution in [0.2, 0.25) is 0 Å². The van der Waals surface area contributed by atoms with Crippen molar-refractivity contribution < 1.29 is 23.8 Å². The Labute approximate surface area is 265 Å². The summed E-state index contributed by atoms with van der Waals surface area (Å²) in [6.07, 6.45) is 7.38. The monoisotopic (exact) mass is 615 g/mol. The minimum atomic E-state index is -0.614. The fourth-order valence-electron chi connectivity index (χ4n) is 7.53. The molecule has 1 aromatic carbocycles. The van der Waals surface area contributed by atoms with Crippen molar-refractivity contribution in [3.05, 3.63) is 52.8 Å². The number of likely N-dealkylation sites (tertiary alicyclic amines) is 1. The first-order valence-electron chi connectivity index (χ1n) is 16.4. The van der Waals surface area contributed by atoms with Gasteiger partial charge in [0, 0.05) is 69.3 Å². The van der Waals surface area contributed by atoms with E-state index in [0.717, 1.165) is 90.8 Å². The van der Waals surface area contributed by atoms with Gasteiger partial charge in [-0.3, -0.25) is 4.90 Å². The number of carbonyl (C=O) groups excluding carboxylic acids is 2. The number of hydrogen-bond acceptors (Lipinski definition) is 6. The molecule has 0 aliphatic carbocycles. The Morgan fingerprint density at radius 3 is 2.62 bits per heavy atom. The number of urea groups is 1. The van der Waals surface area contributed by atoms with Gasteiger partial charge >= 0.3 is 12.1 Å². The van der Waals surface area contributed by atoms with Gasteiger partial charge in [0.1, 0.15) is 11.2 Å². The van der Waals surface area contributed by atoms with Crippen molar-refractivity contribution >= 4 is 23.2 Å². The van der Waals surface area contributed by atoms with Crippen LogP contribution >= 0.6 is 0 Å². The maximum Gasteiger partial charge on any atom is 0.410 e. The average Bonchev–Trinajstić information content (AvgIpc) is 3.62.